The van der Waals surface area contributed by atoms with Crippen molar-refractivity contribution in [1.82, 2.24) is 10.2 Å². The second-order valence-corrected chi connectivity index (χ2v) is 5.97. The first-order valence-corrected chi connectivity index (χ1v) is 8.31. The molecule has 2 aromatic rings. The molecule has 0 aliphatic carbocycles. The Kier molecular flexibility index (Phi) is 6.82. The predicted molar refractivity (Wildman–Crippen MR) is 97.6 cm³/mol. The van der Waals surface area contributed by atoms with Gasteiger partial charge in [-0.25, -0.2) is 0 Å². The number of carbonyl (C=O) groups excluding carboxylic acids is 1. The molecule has 1 amide bonds. The molecule has 0 aliphatic rings. The number of ether oxygens (including phenoxy) is 1. The highest BCUT2D eigenvalue weighted by molar-refractivity contribution is 5.94. The quantitative estimate of drug-likeness (QED) is 0.811. The average Bonchev–Trinajstić information content (AvgIpc) is 2.60. The van der Waals surface area contributed by atoms with Crippen LogP contribution in [-0.4, -0.2) is 44.1 Å². The van der Waals surface area contributed by atoms with Gasteiger partial charge in [0.05, 0.1) is 6.61 Å². The molecule has 128 valence electrons. The predicted octanol–water partition coefficient (Wildman–Crippen LogP) is 2.99. The monoisotopic (exact) mass is 326 g/mol. The van der Waals surface area contributed by atoms with Crippen LogP contribution >= 0.6 is 0 Å². The van der Waals surface area contributed by atoms with Crippen molar-refractivity contribution in [2.24, 2.45) is 0 Å². The van der Waals surface area contributed by atoms with E-state index in [0.29, 0.717) is 18.7 Å². The van der Waals surface area contributed by atoms with E-state index in [1.54, 1.807) is 12.1 Å². The van der Waals surface area contributed by atoms with Crippen molar-refractivity contribution in [3.8, 4) is 5.75 Å². The van der Waals surface area contributed by atoms with E-state index in [9.17, 15) is 4.79 Å². The minimum atomic E-state index is -0.0574. The molecule has 0 bridgehead atoms. The Labute approximate surface area is 144 Å². The van der Waals surface area contributed by atoms with Crippen molar-refractivity contribution in [3.63, 3.8) is 0 Å². The smallest absolute Gasteiger partial charge is 0.251 e. The summed E-state index contributed by atoms with van der Waals surface area (Å²) in [7, 11) is 4.08. The lowest BCUT2D eigenvalue weighted by Crippen LogP contribution is -2.41. The van der Waals surface area contributed by atoms with E-state index in [1.165, 1.54) is 5.56 Å². The van der Waals surface area contributed by atoms with Gasteiger partial charge >= 0.3 is 0 Å². The Morgan fingerprint density at radius 1 is 1.08 bits per heavy atom. The molecular weight excluding hydrogens is 300 g/mol. The molecule has 0 saturated carbocycles. The van der Waals surface area contributed by atoms with E-state index < -0.39 is 0 Å². The van der Waals surface area contributed by atoms with Crippen molar-refractivity contribution in [2.45, 2.75) is 19.4 Å². The van der Waals surface area contributed by atoms with E-state index in [1.807, 2.05) is 51.4 Å². The molecule has 0 saturated heterocycles. The van der Waals surface area contributed by atoms with Gasteiger partial charge in [0.25, 0.3) is 5.91 Å². The maximum atomic E-state index is 12.3. The summed E-state index contributed by atoms with van der Waals surface area (Å²) in [4.78, 5) is 14.5. The maximum Gasteiger partial charge on any atom is 0.251 e. The van der Waals surface area contributed by atoms with Gasteiger partial charge in [0.1, 0.15) is 5.75 Å². The molecule has 24 heavy (non-hydrogen) atoms. The summed E-state index contributed by atoms with van der Waals surface area (Å²) < 4.78 is 5.40. The van der Waals surface area contributed by atoms with Crippen molar-refractivity contribution in [2.75, 3.05) is 27.2 Å². The summed E-state index contributed by atoms with van der Waals surface area (Å²) in [5.74, 6) is 0.724. The van der Waals surface area contributed by atoms with Gasteiger partial charge in [-0.2, -0.15) is 0 Å². The van der Waals surface area contributed by atoms with Crippen molar-refractivity contribution >= 4 is 5.91 Å². The minimum Gasteiger partial charge on any atom is -0.494 e. The number of nitrogens with one attached hydrogen (secondary N) is 1. The van der Waals surface area contributed by atoms with Gasteiger partial charge in [-0.05, 0) is 57.3 Å². The van der Waals surface area contributed by atoms with Gasteiger partial charge in [-0.15, -0.1) is 0 Å². The van der Waals surface area contributed by atoms with Crippen molar-refractivity contribution in [1.29, 1.82) is 0 Å². The summed E-state index contributed by atoms with van der Waals surface area (Å²) in [6, 6.07) is 17.8. The highest BCUT2D eigenvalue weighted by Crippen LogP contribution is 2.12. The summed E-state index contributed by atoms with van der Waals surface area (Å²) >= 11 is 0. The van der Waals surface area contributed by atoms with Gasteiger partial charge in [-0.3, -0.25) is 4.79 Å². The van der Waals surface area contributed by atoms with E-state index in [4.69, 9.17) is 4.74 Å². The van der Waals surface area contributed by atoms with E-state index in [-0.39, 0.29) is 11.9 Å². The van der Waals surface area contributed by atoms with Crippen LogP contribution in [-0.2, 0) is 6.42 Å². The van der Waals surface area contributed by atoms with Crippen LogP contribution in [0.4, 0.5) is 0 Å². The molecule has 0 aliphatic heterocycles. The lowest BCUT2D eigenvalue weighted by molar-refractivity contribution is 0.0941. The number of nitrogens with zero attached hydrogens (tertiary/aromatic N) is 1. The Morgan fingerprint density at radius 3 is 2.33 bits per heavy atom. The lowest BCUT2D eigenvalue weighted by atomic mass is 10.0. The first-order valence-electron chi connectivity index (χ1n) is 8.31. The number of amides is 1. The summed E-state index contributed by atoms with van der Waals surface area (Å²) in [6.07, 6.45) is 0.900. The fourth-order valence-corrected chi connectivity index (χ4v) is 2.51. The molecule has 1 unspecified atom stereocenters. The Balaban J connectivity index is 1.92. The van der Waals surface area contributed by atoms with Crippen LogP contribution in [0.3, 0.4) is 0 Å². The number of hydrogen-bond acceptors (Lipinski definition) is 3. The second kappa shape index (κ2) is 9.08. The molecular formula is C20H26N2O2. The number of rotatable bonds is 8. The van der Waals surface area contributed by atoms with Crippen molar-refractivity contribution < 1.29 is 9.53 Å². The normalized spacial score (nSPS) is 12.0. The molecule has 2 rings (SSSR count). The average molecular weight is 326 g/mol. The van der Waals surface area contributed by atoms with Gasteiger partial charge in [-0.1, -0.05) is 30.3 Å². The number of hydrogen-bond donors (Lipinski definition) is 1. The fraction of sp³-hybridized carbons (Fsp3) is 0.350. The third kappa shape index (κ3) is 5.39. The van der Waals surface area contributed by atoms with Gasteiger partial charge < -0.3 is 15.0 Å². The second-order valence-electron chi connectivity index (χ2n) is 5.97. The van der Waals surface area contributed by atoms with Crippen LogP contribution in [0.2, 0.25) is 0 Å². The summed E-state index contributed by atoms with van der Waals surface area (Å²) in [5, 5.41) is 3.03. The third-order valence-corrected chi connectivity index (χ3v) is 3.97. The molecule has 0 radical (unpaired) electrons. The SMILES string of the molecule is CCOc1ccc(C(=O)NCC(Cc2ccccc2)N(C)C)cc1. The van der Waals surface area contributed by atoms with Crippen molar-refractivity contribution in [3.05, 3.63) is 65.7 Å². The fourth-order valence-electron chi connectivity index (χ4n) is 2.51. The maximum absolute atomic E-state index is 12.3. The molecule has 0 fully saturated rings. The molecule has 0 spiro atoms. The minimum absolute atomic E-state index is 0.0574. The van der Waals surface area contributed by atoms with Gasteiger partial charge in [0.2, 0.25) is 0 Å². The van der Waals surface area contributed by atoms with Crippen LogP contribution in [0.25, 0.3) is 0 Å². The molecule has 0 heterocycles. The molecule has 1 N–H and O–H groups in total. The molecule has 4 heteroatoms. The third-order valence-electron chi connectivity index (χ3n) is 3.97. The molecule has 1 atom stereocenters. The van der Waals surface area contributed by atoms with Crippen LogP contribution in [0.5, 0.6) is 5.75 Å². The highest BCUT2D eigenvalue weighted by Gasteiger charge is 2.14. The summed E-state index contributed by atoms with van der Waals surface area (Å²) in [5.41, 5.74) is 1.92. The standard InChI is InChI=1S/C20H26N2O2/c1-4-24-19-12-10-17(11-13-19)20(23)21-15-18(22(2)3)14-16-8-6-5-7-9-16/h5-13,18H,4,14-15H2,1-3H3,(H,21,23). The zero-order chi connectivity index (χ0) is 17.4. The van der Waals surface area contributed by atoms with Gasteiger partial charge in [0.15, 0.2) is 0 Å². The van der Waals surface area contributed by atoms with Crippen LogP contribution in [0, 0.1) is 0 Å². The number of likely N-dealkylation sites (N-methyl/N-ethyl adjacent to an activating group) is 1. The van der Waals surface area contributed by atoms with E-state index in [2.05, 4.69) is 22.3 Å². The van der Waals surface area contributed by atoms with E-state index >= 15 is 0 Å². The Bertz CT molecular complexity index is 624. The Hall–Kier alpha value is -2.33. The lowest BCUT2D eigenvalue weighted by Gasteiger charge is -2.24. The van der Waals surface area contributed by atoms with Gasteiger partial charge in [0, 0.05) is 18.2 Å². The molecule has 0 aromatic heterocycles. The Morgan fingerprint density at radius 2 is 1.75 bits per heavy atom. The first kappa shape index (κ1) is 18.0. The topological polar surface area (TPSA) is 41.6 Å². The molecule has 2 aromatic carbocycles. The largest absolute Gasteiger partial charge is 0.494 e. The summed E-state index contributed by atoms with van der Waals surface area (Å²) in [6.45, 7) is 3.16. The number of benzene rings is 2. The molecule has 4 nitrogen and oxygen atoms in total. The van der Waals surface area contributed by atoms with Crippen LogP contribution in [0.1, 0.15) is 22.8 Å². The van der Waals surface area contributed by atoms with Crippen LogP contribution < -0.4 is 10.1 Å². The first-order chi connectivity index (χ1) is 11.6. The van der Waals surface area contributed by atoms with E-state index in [0.717, 1.165) is 12.2 Å². The highest BCUT2D eigenvalue weighted by atomic mass is 16.5. The van der Waals surface area contributed by atoms with Crippen LogP contribution in [0.15, 0.2) is 54.6 Å². The zero-order valence-corrected chi connectivity index (χ0v) is 14.7. The number of carbonyl (C=O) groups is 1. The zero-order valence-electron chi connectivity index (χ0n) is 14.7.